The third-order valence-corrected chi connectivity index (χ3v) is 8.62. The van der Waals surface area contributed by atoms with Gasteiger partial charge < -0.3 is 14.6 Å². The number of benzene rings is 2. The molecule has 2 saturated carbocycles. The normalized spacial score (nSPS) is 21.2. The zero-order valence-electron chi connectivity index (χ0n) is 21.8. The molecule has 1 saturated heterocycles. The van der Waals surface area contributed by atoms with Crippen molar-refractivity contribution in [2.45, 2.75) is 44.1 Å². The zero-order valence-corrected chi connectivity index (χ0v) is 21.8. The van der Waals surface area contributed by atoms with E-state index in [0.717, 1.165) is 79.2 Å². The van der Waals surface area contributed by atoms with Crippen LogP contribution < -0.4 is 4.74 Å². The summed E-state index contributed by atoms with van der Waals surface area (Å²) in [5.41, 5.74) is 3.43. The molecule has 3 heterocycles. The molecule has 8 nitrogen and oxygen atoms in total. The fourth-order valence-corrected chi connectivity index (χ4v) is 6.30. The molecule has 2 aliphatic carbocycles. The molecule has 2 amide bonds. The summed E-state index contributed by atoms with van der Waals surface area (Å²) in [6, 6.07) is 14.6. The molecule has 0 unspecified atom stereocenters. The van der Waals surface area contributed by atoms with E-state index in [4.69, 9.17) is 9.73 Å². The number of nitrogens with zero attached hydrogens (tertiary/aromatic N) is 4. The number of aromatic amines is 1. The summed E-state index contributed by atoms with van der Waals surface area (Å²) in [6.45, 7) is 2.48. The standard InChI is InChI=1S/C30H33N5O3/c1-38-26-17-22(21-7-9-25-23(16-21)10-13-31-25)6-8-24(26)27-32-30(11-2-3-12-30)29(37)35(27)19-33-14-15-34(18-33)28(36)20-4-5-20/h6-10,13,16-17,20,31H,2-5,11-12,14-15,18-19H2,1H3. The number of amidine groups is 1. The number of rotatable bonds is 6. The van der Waals surface area contributed by atoms with Gasteiger partial charge in [-0.1, -0.05) is 25.0 Å². The van der Waals surface area contributed by atoms with E-state index in [2.05, 4.69) is 40.2 Å². The molecule has 0 radical (unpaired) electrons. The Kier molecular flexibility index (Phi) is 5.54. The molecule has 2 aromatic carbocycles. The molecule has 2 aliphatic heterocycles. The predicted octanol–water partition coefficient (Wildman–Crippen LogP) is 4.21. The van der Waals surface area contributed by atoms with Crippen LogP contribution in [0, 0.1) is 5.92 Å². The van der Waals surface area contributed by atoms with Crippen molar-refractivity contribution in [3.05, 3.63) is 54.2 Å². The van der Waals surface area contributed by atoms with Crippen LogP contribution in [0.3, 0.4) is 0 Å². The SMILES string of the molecule is COc1cc(-c2ccc3[nH]ccc3c2)ccc1C1=NC2(CCCC2)C(=O)N1CN1CCN(C(=O)C2CC2)C1. The first kappa shape index (κ1) is 23.5. The summed E-state index contributed by atoms with van der Waals surface area (Å²) in [6.07, 6.45) is 7.57. The first-order valence-electron chi connectivity index (χ1n) is 13.7. The van der Waals surface area contributed by atoms with Gasteiger partial charge in [0.1, 0.15) is 17.1 Å². The van der Waals surface area contributed by atoms with Crippen molar-refractivity contribution in [1.82, 2.24) is 19.7 Å². The number of hydrogen-bond acceptors (Lipinski definition) is 5. The molecular formula is C30H33N5O3. The lowest BCUT2D eigenvalue weighted by molar-refractivity contribution is -0.133. The van der Waals surface area contributed by atoms with Gasteiger partial charge in [-0.3, -0.25) is 24.4 Å². The minimum absolute atomic E-state index is 0.0843. The maximum absolute atomic E-state index is 13.9. The summed E-state index contributed by atoms with van der Waals surface area (Å²) in [5.74, 6) is 1.95. The number of methoxy groups -OCH3 is 1. The Labute approximate surface area is 222 Å². The topological polar surface area (TPSA) is 81.2 Å². The smallest absolute Gasteiger partial charge is 0.257 e. The van der Waals surface area contributed by atoms with E-state index in [1.807, 2.05) is 28.1 Å². The highest BCUT2D eigenvalue weighted by molar-refractivity contribution is 6.16. The number of H-pyrrole nitrogens is 1. The van der Waals surface area contributed by atoms with Gasteiger partial charge in [0, 0.05) is 30.7 Å². The van der Waals surface area contributed by atoms with Gasteiger partial charge in [-0.25, -0.2) is 0 Å². The summed E-state index contributed by atoms with van der Waals surface area (Å²) < 4.78 is 5.89. The van der Waals surface area contributed by atoms with E-state index in [-0.39, 0.29) is 17.7 Å². The molecule has 38 heavy (non-hydrogen) atoms. The molecule has 1 N–H and O–H groups in total. The van der Waals surface area contributed by atoms with Crippen LogP contribution >= 0.6 is 0 Å². The monoisotopic (exact) mass is 511 g/mol. The van der Waals surface area contributed by atoms with Crippen molar-refractivity contribution in [2.24, 2.45) is 10.9 Å². The van der Waals surface area contributed by atoms with E-state index in [0.29, 0.717) is 24.9 Å². The summed E-state index contributed by atoms with van der Waals surface area (Å²) in [5, 5.41) is 1.16. The van der Waals surface area contributed by atoms with Gasteiger partial charge in [0.05, 0.1) is 26.0 Å². The number of hydrogen-bond donors (Lipinski definition) is 1. The molecule has 7 rings (SSSR count). The van der Waals surface area contributed by atoms with Crippen LogP contribution in [-0.2, 0) is 9.59 Å². The van der Waals surface area contributed by atoms with Crippen molar-refractivity contribution in [3.8, 4) is 16.9 Å². The maximum atomic E-state index is 13.9. The fourth-order valence-electron chi connectivity index (χ4n) is 6.30. The van der Waals surface area contributed by atoms with Crippen LogP contribution in [0.25, 0.3) is 22.0 Å². The highest BCUT2D eigenvalue weighted by Gasteiger charge is 2.51. The quantitative estimate of drug-likeness (QED) is 0.538. The highest BCUT2D eigenvalue weighted by atomic mass is 16.5. The van der Waals surface area contributed by atoms with E-state index in [1.165, 1.54) is 0 Å². The summed E-state index contributed by atoms with van der Waals surface area (Å²) >= 11 is 0. The van der Waals surface area contributed by atoms with Crippen LogP contribution in [0.5, 0.6) is 5.75 Å². The van der Waals surface area contributed by atoms with E-state index in [1.54, 1.807) is 7.11 Å². The van der Waals surface area contributed by atoms with Crippen molar-refractivity contribution in [2.75, 3.05) is 33.5 Å². The van der Waals surface area contributed by atoms with Gasteiger partial charge >= 0.3 is 0 Å². The lowest BCUT2D eigenvalue weighted by Gasteiger charge is -2.27. The molecule has 3 fully saturated rings. The number of carbonyl (C=O) groups excluding carboxylic acids is 2. The van der Waals surface area contributed by atoms with Gasteiger partial charge in [-0.15, -0.1) is 0 Å². The molecule has 0 bridgehead atoms. The number of ether oxygens (including phenoxy) is 1. The fraction of sp³-hybridized carbons (Fsp3) is 0.433. The Morgan fingerprint density at radius 1 is 1.08 bits per heavy atom. The number of fused-ring (bicyclic) bond motifs is 1. The third kappa shape index (κ3) is 3.89. The summed E-state index contributed by atoms with van der Waals surface area (Å²) in [4.78, 5) is 40.8. The second kappa shape index (κ2) is 8.98. The van der Waals surface area contributed by atoms with Gasteiger partial charge in [-0.2, -0.15) is 0 Å². The van der Waals surface area contributed by atoms with Crippen LogP contribution in [0.2, 0.25) is 0 Å². The molecule has 8 heteroatoms. The van der Waals surface area contributed by atoms with Gasteiger partial charge in [-0.05, 0) is 72.5 Å². The highest BCUT2D eigenvalue weighted by Crippen LogP contribution is 2.42. The lowest BCUT2D eigenvalue weighted by Crippen LogP contribution is -2.47. The van der Waals surface area contributed by atoms with Gasteiger partial charge in [0.2, 0.25) is 5.91 Å². The Balaban J connectivity index is 1.20. The third-order valence-electron chi connectivity index (χ3n) is 8.62. The number of nitrogens with one attached hydrogen (secondary N) is 1. The molecule has 3 aromatic rings. The minimum atomic E-state index is -0.665. The first-order chi connectivity index (χ1) is 18.5. The molecule has 1 aromatic heterocycles. The number of carbonyl (C=O) groups is 2. The van der Waals surface area contributed by atoms with E-state index >= 15 is 0 Å². The van der Waals surface area contributed by atoms with Gasteiger partial charge in [0.15, 0.2) is 0 Å². The second-order valence-corrected chi connectivity index (χ2v) is 11.2. The average Bonchev–Trinajstić information content (AvgIpc) is 3.28. The largest absolute Gasteiger partial charge is 0.496 e. The van der Waals surface area contributed by atoms with Crippen molar-refractivity contribution >= 4 is 28.6 Å². The summed E-state index contributed by atoms with van der Waals surface area (Å²) in [7, 11) is 1.67. The van der Waals surface area contributed by atoms with Crippen molar-refractivity contribution < 1.29 is 14.3 Å². The Morgan fingerprint density at radius 3 is 2.66 bits per heavy atom. The zero-order chi connectivity index (χ0) is 25.9. The Morgan fingerprint density at radius 2 is 1.87 bits per heavy atom. The minimum Gasteiger partial charge on any atom is -0.496 e. The number of amides is 2. The van der Waals surface area contributed by atoms with Crippen LogP contribution in [0.1, 0.15) is 44.1 Å². The van der Waals surface area contributed by atoms with Crippen LogP contribution in [0.4, 0.5) is 0 Å². The van der Waals surface area contributed by atoms with Gasteiger partial charge in [0.25, 0.3) is 5.91 Å². The molecular weight excluding hydrogens is 478 g/mol. The van der Waals surface area contributed by atoms with Crippen LogP contribution in [-0.4, -0.2) is 76.4 Å². The van der Waals surface area contributed by atoms with Crippen molar-refractivity contribution in [3.63, 3.8) is 0 Å². The molecule has 4 aliphatic rings. The average molecular weight is 512 g/mol. The maximum Gasteiger partial charge on any atom is 0.257 e. The number of aromatic nitrogens is 1. The Hall–Kier alpha value is -3.65. The second-order valence-electron chi connectivity index (χ2n) is 11.2. The van der Waals surface area contributed by atoms with E-state index in [9.17, 15) is 9.59 Å². The van der Waals surface area contributed by atoms with Crippen molar-refractivity contribution in [1.29, 1.82) is 0 Å². The first-order valence-corrected chi connectivity index (χ1v) is 13.7. The van der Waals surface area contributed by atoms with Crippen LogP contribution in [0.15, 0.2) is 53.7 Å². The van der Waals surface area contributed by atoms with E-state index < -0.39 is 5.54 Å². The Bertz CT molecular complexity index is 1450. The molecule has 196 valence electrons. The lowest BCUT2D eigenvalue weighted by atomic mass is 9.98. The number of aliphatic imine (C=N–C) groups is 1. The molecule has 1 spiro atoms. The predicted molar refractivity (Wildman–Crippen MR) is 146 cm³/mol. The molecule has 0 atom stereocenters.